The van der Waals surface area contributed by atoms with Gasteiger partial charge < -0.3 is 19.7 Å². The van der Waals surface area contributed by atoms with E-state index in [1.807, 2.05) is 0 Å². The van der Waals surface area contributed by atoms with Gasteiger partial charge in [-0.1, -0.05) is 11.3 Å². The van der Waals surface area contributed by atoms with Gasteiger partial charge in [-0.25, -0.2) is 9.97 Å². The molecule has 0 saturated heterocycles. The third-order valence-corrected chi connectivity index (χ3v) is 5.89. The summed E-state index contributed by atoms with van der Waals surface area (Å²) in [6.07, 6.45) is -0.851. The van der Waals surface area contributed by atoms with Crippen LogP contribution in [0.5, 0.6) is 11.5 Å². The average molecular weight is 464 g/mol. The Morgan fingerprint density at radius 3 is 2.69 bits per heavy atom. The Hall–Kier alpha value is -3.34. The molecule has 0 unspecified atom stereocenters. The maximum absolute atomic E-state index is 12.8. The minimum Gasteiger partial charge on any atom is -0.496 e. The summed E-state index contributed by atoms with van der Waals surface area (Å²) >= 11 is 1.36. The van der Waals surface area contributed by atoms with E-state index in [-0.39, 0.29) is 17.9 Å². The van der Waals surface area contributed by atoms with E-state index in [2.05, 4.69) is 15.3 Å². The van der Waals surface area contributed by atoms with Gasteiger partial charge in [0.1, 0.15) is 12.3 Å². The summed E-state index contributed by atoms with van der Waals surface area (Å²) in [6, 6.07) is 6.98. The minimum absolute atomic E-state index is 0.00703. The summed E-state index contributed by atoms with van der Waals surface area (Å²) in [7, 11) is 2.94. The average Bonchev–Trinajstić information content (AvgIpc) is 3.23. The Kier molecular flexibility index (Phi) is 5.92. The Morgan fingerprint density at radius 2 is 1.97 bits per heavy atom. The number of benzene rings is 1. The van der Waals surface area contributed by atoms with Gasteiger partial charge in [0.2, 0.25) is 0 Å². The number of nitrogens with zero attached hydrogens (tertiary/aromatic N) is 3. The highest BCUT2D eigenvalue weighted by Crippen LogP contribution is 2.38. The molecule has 0 aliphatic carbocycles. The predicted octanol–water partition coefficient (Wildman–Crippen LogP) is 4.53. The number of thiazole rings is 1. The summed E-state index contributed by atoms with van der Waals surface area (Å²) in [4.78, 5) is 22.9. The van der Waals surface area contributed by atoms with Crippen LogP contribution in [-0.4, -0.2) is 54.3 Å². The highest BCUT2D eigenvalue weighted by atomic mass is 32.1. The minimum atomic E-state index is -4.46. The van der Waals surface area contributed by atoms with Gasteiger partial charge in [0.25, 0.3) is 5.91 Å². The topological polar surface area (TPSA) is 76.6 Å². The molecule has 0 atom stereocenters. The van der Waals surface area contributed by atoms with Crippen molar-refractivity contribution in [1.29, 1.82) is 0 Å². The van der Waals surface area contributed by atoms with E-state index in [9.17, 15) is 18.0 Å². The molecule has 1 aliphatic heterocycles. The lowest BCUT2D eigenvalue weighted by atomic mass is 9.95. The van der Waals surface area contributed by atoms with Crippen molar-refractivity contribution >= 4 is 28.2 Å². The first-order valence-corrected chi connectivity index (χ1v) is 10.4. The summed E-state index contributed by atoms with van der Waals surface area (Å²) < 4.78 is 49.1. The molecule has 0 bridgehead atoms. The molecule has 11 heteroatoms. The summed E-state index contributed by atoms with van der Waals surface area (Å²) in [5.74, 6) is 0.653. The van der Waals surface area contributed by atoms with Gasteiger partial charge in [0.05, 0.1) is 24.7 Å². The molecule has 1 aromatic carbocycles. The molecule has 4 rings (SSSR count). The number of carbonyl (C=O) groups is 1. The largest absolute Gasteiger partial charge is 0.496 e. The maximum atomic E-state index is 12.8. The third-order valence-electron chi connectivity index (χ3n) is 4.93. The molecular formula is C21H19F3N4O3S. The number of nitrogens with one attached hydrogen (secondary N) is 1. The molecule has 0 fully saturated rings. The molecule has 168 valence electrons. The molecule has 7 nitrogen and oxygen atoms in total. The van der Waals surface area contributed by atoms with Gasteiger partial charge in [-0.15, -0.1) is 0 Å². The Balaban J connectivity index is 1.62. The normalized spacial score (nSPS) is 13.7. The van der Waals surface area contributed by atoms with E-state index in [1.54, 1.807) is 43.8 Å². The summed E-state index contributed by atoms with van der Waals surface area (Å²) in [5, 5.41) is 3.70. The quantitative estimate of drug-likeness (QED) is 0.578. The first-order valence-electron chi connectivity index (χ1n) is 9.58. The number of carbonyl (C=O) groups excluding carboxylic acids is 1. The molecule has 0 radical (unpaired) electrons. The van der Waals surface area contributed by atoms with Crippen LogP contribution in [-0.2, 0) is 6.42 Å². The second-order valence-electron chi connectivity index (χ2n) is 7.01. The van der Waals surface area contributed by atoms with Crippen LogP contribution < -0.4 is 14.8 Å². The molecule has 2 aromatic heterocycles. The monoisotopic (exact) mass is 464 g/mol. The third kappa shape index (κ3) is 4.47. The van der Waals surface area contributed by atoms with Gasteiger partial charge in [-0.2, -0.15) is 13.2 Å². The van der Waals surface area contributed by atoms with Crippen LogP contribution in [0.1, 0.15) is 15.9 Å². The van der Waals surface area contributed by atoms with Crippen LogP contribution in [0.25, 0.3) is 10.4 Å². The van der Waals surface area contributed by atoms with Gasteiger partial charge in [-0.05, 0) is 41.8 Å². The number of amides is 1. The number of alkyl halides is 3. The first kappa shape index (κ1) is 21.9. The van der Waals surface area contributed by atoms with Gasteiger partial charge in [0, 0.05) is 18.9 Å². The zero-order chi connectivity index (χ0) is 22.9. The van der Waals surface area contributed by atoms with Crippen molar-refractivity contribution in [3.05, 3.63) is 47.8 Å². The predicted molar refractivity (Wildman–Crippen MR) is 114 cm³/mol. The van der Waals surface area contributed by atoms with Crippen LogP contribution >= 0.6 is 11.3 Å². The number of hydrogen-bond acceptors (Lipinski definition) is 7. The summed E-state index contributed by atoms with van der Waals surface area (Å²) in [5.41, 5.74) is 1.58. The zero-order valence-corrected chi connectivity index (χ0v) is 18.0. The van der Waals surface area contributed by atoms with Crippen LogP contribution in [0.4, 0.5) is 24.1 Å². The fraction of sp³-hybridized carbons (Fsp3) is 0.286. The lowest BCUT2D eigenvalue weighted by molar-refractivity contribution is -0.141. The SMILES string of the molecule is COc1cccnc1Nc1ncc(-c2cc3c(c(OC)c2)C(=O)N(CC(F)(F)F)CC3)s1. The number of pyridine rings is 1. The van der Waals surface area contributed by atoms with Crippen molar-refractivity contribution in [3.63, 3.8) is 0 Å². The highest BCUT2D eigenvalue weighted by molar-refractivity contribution is 7.18. The standard InChI is InChI=1S/C21H19F3N4O3S/c1-30-14-4-3-6-25-18(14)27-20-26-10-16(32-20)13-8-12-5-7-28(11-21(22,23)24)19(29)17(12)15(9-13)31-2/h3-4,6,8-10H,5,7,11H2,1-2H3,(H,25,26,27). The fourth-order valence-corrected chi connectivity index (χ4v) is 4.32. The van der Waals surface area contributed by atoms with E-state index in [1.165, 1.54) is 18.4 Å². The number of anilines is 2. The van der Waals surface area contributed by atoms with Crippen molar-refractivity contribution in [2.45, 2.75) is 12.6 Å². The number of methoxy groups -OCH3 is 2. The molecule has 0 saturated carbocycles. The molecule has 32 heavy (non-hydrogen) atoms. The van der Waals surface area contributed by atoms with E-state index < -0.39 is 18.6 Å². The number of rotatable bonds is 6. The number of halogens is 3. The lowest BCUT2D eigenvalue weighted by Crippen LogP contribution is -2.43. The Labute approximate surface area is 185 Å². The molecule has 3 aromatic rings. The summed E-state index contributed by atoms with van der Waals surface area (Å²) in [6.45, 7) is -1.29. The van der Waals surface area contributed by atoms with E-state index >= 15 is 0 Å². The highest BCUT2D eigenvalue weighted by Gasteiger charge is 2.37. The Morgan fingerprint density at radius 1 is 1.19 bits per heavy atom. The van der Waals surface area contributed by atoms with Crippen molar-refractivity contribution in [2.75, 3.05) is 32.6 Å². The fourth-order valence-electron chi connectivity index (χ4n) is 3.51. The molecule has 1 amide bonds. The van der Waals surface area contributed by atoms with Crippen LogP contribution in [0.2, 0.25) is 0 Å². The maximum Gasteiger partial charge on any atom is 0.406 e. The van der Waals surface area contributed by atoms with Crippen molar-refractivity contribution < 1.29 is 27.4 Å². The molecule has 0 spiro atoms. The van der Waals surface area contributed by atoms with Crippen molar-refractivity contribution in [3.8, 4) is 21.9 Å². The van der Waals surface area contributed by atoms with Crippen LogP contribution in [0, 0.1) is 0 Å². The molecule has 1 N–H and O–H groups in total. The number of ether oxygens (including phenoxy) is 2. The molecule has 1 aliphatic rings. The lowest BCUT2D eigenvalue weighted by Gasteiger charge is -2.30. The van der Waals surface area contributed by atoms with E-state index in [0.29, 0.717) is 28.7 Å². The molecular weight excluding hydrogens is 445 g/mol. The first-order chi connectivity index (χ1) is 15.3. The zero-order valence-electron chi connectivity index (χ0n) is 17.2. The smallest absolute Gasteiger partial charge is 0.406 e. The van der Waals surface area contributed by atoms with Gasteiger partial charge in [-0.3, -0.25) is 4.79 Å². The van der Waals surface area contributed by atoms with Crippen molar-refractivity contribution in [1.82, 2.24) is 14.9 Å². The second-order valence-corrected chi connectivity index (χ2v) is 8.04. The number of aromatic nitrogens is 2. The number of hydrogen-bond donors (Lipinski definition) is 1. The molecule has 3 heterocycles. The van der Waals surface area contributed by atoms with E-state index in [0.717, 1.165) is 15.3 Å². The van der Waals surface area contributed by atoms with Crippen LogP contribution in [0.3, 0.4) is 0 Å². The number of fused-ring (bicyclic) bond motifs is 1. The van der Waals surface area contributed by atoms with Gasteiger partial charge in [0.15, 0.2) is 16.7 Å². The second kappa shape index (κ2) is 8.65. The Bertz CT molecular complexity index is 1130. The van der Waals surface area contributed by atoms with E-state index in [4.69, 9.17) is 9.47 Å². The van der Waals surface area contributed by atoms with Crippen LogP contribution in [0.15, 0.2) is 36.7 Å². The van der Waals surface area contributed by atoms with Crippen molar-refractivity contribution in [2.24, 2.45) is 0 Å². The van der Waals surface area contributed by atoms with Gasteiger partial charge >= 0.3 is 6.18 Å².